The molecule has 0 heterocycles. The zero-order valence-electron chi connectivity index (χ0n) is 9.31. The maximum atomic E-state index is 13.5. The Balaban J connectivity index is 2.56. The van der Waals surface area contributed by atoms with Gasteiger partial charge in [-0.25, -0.2) is 4.39 Å². The molecular formula is C11H14F4N2. The van der Waals surface area contributed by atoms with Crippen molar-refractivity contribution in [2.24, 2.45) is 0 Å². The van der Waals surface area contributed by atoms with Crippen LogP contribution in [0.25, 0.3) is 0 Å². The summed E-state index contributed by atoms with van der Waals surface area (Å²) in [6, 6.07) is 4.02. The third-order valence-corrected chi connectivity index (χ3v) is 2.29. The smallest absolute Gasteiger partial charge is 0.396 e. The van der Waals surface area contributed by atoms with E-state index in [1.54, 1.807) is 13.0 Å². The first-order valence-corrected chi connectivity index (χ1v) is 5.12. The molecule has 1 aromatic rings. The summed E-state index contributed by atoms with van der Waals surface area (Å²) in [6.07, 6.45) is -4.10. The van der Waals surface area contributed by atoms with Crippen LogP contribution in [0.5, 0.6) is 0 Å². The van der Waals surface area contributed by atoms with Gasteiger partial charge < -0.3 is 11.1 Å². The average molecular weight is 250 g/mol. The van der Waals surface area contributed by atoms with Gasteiger partial charge in [0.05, 0.1) is 12.2 Å². The lowest BCUT2D eigenvalue weighted by atomic mass is 10.1. The van der Waals surface area contributed by atoms with Crippen LogP contribution < -0.4 is 11.1 Å². The van der Waals surface area contributed by atoms with Gasteiger partial charge in [-0.3, -0.25) is 0 Å². The van der Waals surface area contributed by atoms with E-state index in [0.717, 1.165) is 0 Å². The van der Waals surface area contributed by atoms with Gasteiger partial charge in [-0.05, 0) is 25.0 Å². The van der Waals surface area contributed by atoms with E-state index in [1.165, 1.54) is 12.1 Å². The summed E-state index contributed by atoms with van der Waals surface area (Å²) in [5, 5.41) is 2.29. The second-order valence-electron chi connectivity index (χ2n) is 3.92. The highest BCUT2D eigenvalue weighted by molar-refractivity contribution is 5.43. The second kappa shape index (κ2) is 5.35. The molecule has 1 aromatic carbocycles. The van der Waals surface area contributed by atoms with Gasteiger partial charge in [0.15, 0.2) is 0 Å². The molecule has 17 heavy (non-hydrogen) atoms. The molecule has 0 saturated carbocycles. The van der Waals surface area contributed by atoms with E-state index >= 15 is 0 Å². The van der Waals surface area contributed by atoms with E-state index in [4.69, 9.17) is 5.73 Å². The molecule has 0 saturated heterocycles. The lowest BCUT2D eigenvalue weighted by Crippen LogP contribution is -2.36. The summed E-state index contributed by atoms with van der Waals surface area (Å²) in [7, 11) is 0. The van der Waals surface area contributed by atoms with Crippen molar-refractivity contribution in [3.05, 3.63) is 29.6 Å². The normalized spacial score (nSPS) is 13.7. The predicted molar refractivity (Wildman–Crippen MR) is 58.0 cm³/mol. The lowest BCUT2D eigenvalue weighted by molar-refractivity contribution is -0.126. The maximum absolute atomic E-state index is 13.5. The molecule has 0 radical (unpaired) electrons. The van der Waals surface area contributed by atoms with E-state index in [9.17, 15) is 17.6 Å². The summed E-state index contributed by atoms with van der Waals surface area (Å²) >= 11 is 0. The Kier molecular flexibility index (Phi) is 4.34. The van der Waals surface area contributed by atoms with Crippen molar-refractivity contribution >= 4 is 5.69 Å². The summed E-state index contributed by atoms with van der Waals surface area (Å²) < 4.78 is 49.3. The van der Waals surface area contributed by atoms with Crippen LogP contribution in [0.2, 0.25) is 0 Å². The van der Waals surface area contributed by atoms with Gasteiger partial charge in [-0.2, -0.15) is 13.2 Å². The number of nitrogen functional groups attached to an aromatic ring is 1. The highest BCUT2D eigenvalue weighted by atomic mass is 19.4. The van der Waals surface area contributed by atoms with Crippen LogP contribution in [0.15, 0.2) is 18.2 Å². The largest absolute Gasteiger partial charge is 0.401 e. The topological polar surface area (TPSA) is 38.0 Å². The fourth-order valence-electron chi connectivity index (χ4n) is 1.45. The third kappa shape index (κ3) is 4.60. The molecule has 2 nitrogen and oxygen atoms in total. The van der Waals surface area contributed by atoms with Crippen LogP contribution in [0.4, 0.5) is 23.2 Å². The van der Waals surface area contributed by atoms with Gasteiger partial charge in [0.2, 0.25) is 0 Å². The van der Waals surface area contributed by atoms with E-state index in [0.29, 0.717) is 5.56 Å². The van der Waals surface area contributed by atoms with Crippen molar-refractivity contribution in [1.82, 2.24) is 5.32 Å². The van der Waals surface area contributed by atoms with Crippen molar-refractivity contribution in [1.29, 1.82) is 0 Å². The molecular weight excluding hydrogens is 236 g/mol. The third-order valence-electron chi connectivity index (χ3n) is 2.29. The number of anilines is 1. The number of alkyl halides is 3. The van der Waals surface area contributed by atoms with Crippen molar-refractivity contribution in [3.8, 4) is 0 Å². The van der Waals surface area contributed by atoms with Gasteiger partial charge in [0.1, 0.15) is 5.82 Å². The molecule has 0 amide bonds. The second-order valence-corrected chi connectivity index (χ2v) is 3.92. The SMILES string of the molecule is CC(Cc1cccc(N)c1F)NCC(F)(F)F. The Labute approximate surface area is 96.8 Å². The predicted octanol–water partition coefficient (Wildman–Crippen LogP) is 2.49. The molecule has 0 bridgehead atoms. The molecule has 0 fully saturated rings. The fraction of sp³-hybridized carbons (Fsp3) is 0.455. The number of nitrogens with one attached hydrogen (secondary N) is 1. The standard InChI is InChI=1S/C11H14F4N2/c1-7(17-6-11(13,14)15)5-8-3-2-4-9(16)10(8)12/h2-4,7,17H,5-6,16H2,1H3. The highest BCUT2D eigenvalue weighted by Gasteiger charge is 2.27. The summed E-state index contributed by atoms with van der Waals surface area (Å²) in [4.78, 5) is 0. The molecule has 0 spiro atoms. The number of rotatable bonds is 4. The zero-order valence-corrected chi connectivity index (χ0v) is 9.31. The zero-order chi connectivity index (χ0) is 13.1. The average Bonchev–Trinajstić information content (AvgIpc) is 2.21. The minimum Gasteiger partial charge on any atom is -0.396 e. The van der Waals surface area contributed by atoms with Gasteiger partial charge in [-0.1, -0.05) is 12.1 Å². The van der Waals surface area contributed by atoms with E-state index < -0.39 is 24.6 Å². The first kappa shape index (κ1) is 13.8. The quantitative estimate of drug-likeness (QED) is 0.636. The van der Waals surface area contributed by atoms with Crippen LogP contribution >= 0.6 is 0 Å². The molecule has 6 heteroatoms. The van der Waals surface area contributed by atoms with Gasteiger partial charge >= 0.3 is 6.18 Å². The van der Waals surface area contributed by atoms with E-state index in [-0.39, 0.29) is 12.1 Å². The molecule has 1 unspecified atom stereocenters. The summed E-state index contributed by atoms with van der Waals surface area (Å²) in [6.45, 7) is 0.479. The van der Waals surface area contributed by atoms with Gasteiger partial charge in [0.25, 0.3) is 0 Å². The summed E-state index contributed by atoms with van der Waals surface area (Å²) in [5.41, 5.74) is 5.68. The maximum Gasteiger partial charge on any atom is 0.401 e. The number of nitrogens with two attached hydrogens (primary N) is 1. The van der Waals surface area contributed by atoms with Crippen LogP contribution in [0.1, 0.15) is 12.5 Å². The minimum atomic E-state index is -4.26. The molecule has 3 N–H and O–H groups in total. The van der Waals surface area contributed by atoms with Crippen molar-refractivity contribution in [2.75, 3.05) is 12.3 Å². The number of benzene rings is 1. The van der Waals surface area contributed by atoms with Gasteiger partial charge in [-0.15, -0.1) is 0 Å². The van der Waals surface area contributed by atoms with Crippen LogP contribution in [0, 0.1) is 5.82 Å². The van der Waals surface area contributed by atoms with Crippen LogP contribution in [-0.4, -0.2) is 18.8 Å². The van der Waals surface area contributed by atoms with E-state index in [2.05, 4.69) is 5.32 Å². The molecule has 1 rings (SSSR count). The Morgan fingerprint density at radius 2 is 2.00 bits per heavy atom. The van der Waals surface area contributed by atoms with Crippen molar-refractivity contribution in [3.63, 3.8) is 0 Å². The fourth-order valence-corrected chi connectivity index (χ4v) is 1.45. The Hall–Kier alpha value is -1.30. The lowest BCUT2D eigenvalue weighted by Gasteiger charge is -2.16. The van der Waals surface area contributed by atoms with E-state index in [1.807, 2.05) is 0 Å². The van der Waals surface area contributed by atoms with Crippen molar-refractivity contribution < 1.29 is 17.6 Å². The molecule has 0 aliphatic carbocycles. The van der Waals surface area contributed by atoms with Crippen LogP contribution in [-0.2, 0) is 6.42 Å². The first-order valence-electron chi connectivity index (χ1n) is 5.12. The molecule has 1 atom stereocenters. The number of hydrogen-bond donors (Lipinski definition) is 2. The Morgan fingerprint density at radius 1 is 1.35 bits per heavy atom. The minimum absolute atomic E-state index is 0.00511. The monoisotopic (exact) mass is 250 g/mol. The molecule has 0 aliphatic heterocycles. The van der Waals surface area contributed by atoms with Gasteiger partial charge in [0, 0.05) is 6.04 Å². The highest BCUT2D eigenvalue weighted by Crippen LogP contribution is 2.17. The summed E-state index contributed by atoms with van der Waals surface area (Å²) in [5.74, 6) is -0.562. The molecule has 0 aliphatic rings. The van der Waals surface area contributed by atoms with Crippen molar-refractivity contribution in [2.45, 2.75) is 25.6 Å². The number of halogens is 4. The van der Waals surface area contributed by atoms with Crippen LogP contribution in [0.3, 0.4) is 0 Å². The molecule has 0 aromatic heterocycles. The first-order chi connectivity index (χ1) is 7.79. The Morgan fingerprint density at radius 3 is 2.59 bits per heavy atom. The molecule has 96 valence electrons. The number of hydrogen-bond acceptors (Lipinski definition) is 2. The Bertz CT molecular complexity index is 376.